The van der Waals surface area contributed by atoms with Crippen molar-refractivity contribution < 1.29 is 19.1 Å². The van der Waals surface area contributed by atoms with E-state index in [1.165, 1.54) is 0 Å². The third-order valence-corrected chi connectivity index (χ3v) is 3.15. The summed E-state index contributed by atoms with van der Waals surface area (Å²) >= 11 is 0. The van der Waals surface area contributed by atoms with Crippen molar-refractivity contribution in [2.24, 2.45) is 5.92 Å². The number of hydrogen-bond acceptors (Lipinski definition) is 4. The van der Waals surface area contributed by atoms with E-state index < -0.39 is 5.97 Å². The van der Waals surface area contributed by atoms with Gasteiger partial charge in [0.25, 0.3) is 0 Å². The van der Waals surface area contributed by atoms with Gasteiger partial charge in [-0.25, -0.2) is 0 Å². The second-order valence-corrected chi connectivity index (χ2v) is 6.05. The molecule has 0 unspecified atom stereocenters. The summed E-state index contributed by atoms with van der Waals surface area (Å²) in [5.41, 5.74) is 2.07. The molecule has 1 aromatic carbocycles. The summed E-state index contributed by atoms with van der Waals surface area (Å²) in [4.78, 5) is 23.3. The van der Waals surface area contributed by atoms with E-state index in [-0.39, 0.29) is 18.8 Å². The molecule has 0 spiro atoms. The number of carbonyl (C=O) groups excluding carboxylic acids is 2. The molecule has 0 heterocycles. The second-order valence-electron chi connectivity index (χ2n) is 6.05. The number of esters is 2. The summed E-state index contributed by atoms with van der Waals surface area (Å²) in [7, 11) is 0. The lowest BCUT2D eigenvalue weighted by atomic mass is 10.1. The Morgan fingerprint density at radius 3 is 2.18 bits per heavy atom. The zero-order valence-corrected chi connectivity index (χ0v) is 14.0. The molecule has 1 rings (SSSR count). The van der Waals surface area contributed by atoms with Crippen LogP contribution in [0.15, 0.2) is 18.2 Å². The first kappa shape index (κ1) is 18.2. The smallest absolute Gasteiger partial charge is 0.311 e. The van der Waals surface area contributed by atoms with Crippen molar-refractivity contribution in [2.75, 3.05) is 6.61 Å². The maximum atomic E-state index is 11.7. The van der Waals surface area contributed by atoms with Crippen LogP contribution in [0.1, 0.15) is 50.7 Å². The molecule has 0 aliphatic rings. The largest absolute Gasteiger partial charge is 0.466 e. The van der Waals surface area contributed by atoms with Gasteiger partial charge in [-0.2, -0.15) is 0 Å². The first-order valence-electron chi connectivity index (χ1n) is 7.81. The summed E-state index contributed by atoms with van der Waals surface area (Å²) in [5.74, 6) is 0.365. The standard InChI is InChI=1S/C18H26O4/c1-13(2)6-5-9-21-17(19)7-8-18(20)22-16-11-14(3)10-15(4)12-16/h10-13H,5-9H2,1-4H3. The molecule has 0 atom stereocenters. The average Bonchev–Trinajstić information content (AvgIpc) is 2.40. The van der Waals surface area contributed by atoms with Gasteiger partial charge in [-0.1, -0.05) is 19.9 Å². The van der Waals surface area contributed by atoms with Gasteiger partial charge in [0.1, 0.15) is 5.75 Å². The Hall–Kier alpha value is -1.84. The van der Waals surface area contributed by atoms with E-state index in [0.717, 1.165) is 24.0 Å². The Labute approximate surface area is 132 Å². The third-order valence-electron chi connectivity index (χ3n) is 3.15. The predicted octanol–water partition coefficient (Wildman–Crippen LogP) is 3.97. The number of aryl methyl sites for hydroxylation is 2. The van der Waals surface area contributed by atoms with Crippen LogP contribution in [0.5, 0.6) is 5.75 Å². The highest BCUT2D eigenvalue weighted by Gasteiger charge is 2.10. The first-order chi connectivity index (χ1) is 10.4. The monoisotopic (exact) mass is 306 g/mol. The molecule has 0 saturated heterocycles. The summed E-state index contributed by atoms with van der Waals surface area (Å²) in [6.45, 7) is 8.57. The van der Waals surface area contributed by atoms with Gasteiger partial charge in [0.2, 0.25) is 0 Å². The van der Waals surface area contributed by atoms with Crippen LogP contribution in [0.25, 0.3) is 0 Å². The average molecular weight is 306 g/mol. The van der Waals surface area contributed by atoms with Gasteiger partial charge >= 0.3 is 11.9 Å². The van der Waals surface area contributed by atoms with E-state index >= 15 is 0 Å². The van der Waals surface area contributed by atoms with Crippen LogP contribution < -0.4 is 4.74 Å². The van der Waals surface area contributed by atoms with Crippen molar-refractivity contribution in [1.29, 1.82) is 0 Å². The minimum absolute atomic E-state index is 0.0377. The third kappa shape index (κ3) is 7.81. The van der Waals surface area contributed by atoms with Crippen LogP contribution in [0.4, 0.5) is 0 Å². The van der Waals surface area contributed by atoms with Crippen LogP contribution in [0, 0.1) is 19.8 Å². The Kier molecular flexibility index (Phi) is 7.64. The van der Waals surface area contributed by atoms with Gasteiger partial charge < -0.3 is 9.47 Å². The van der Waals surface area contributed by atoms with Crippen molar-refractivity contribution >= 4 is 11.9 Å². The molecule has 4 heteroatoms. The molecule has 0 bridgehead atoms. The first-order valence-corrected chi connectivity index (χ1v) is 7.81. The van der Waals surface area contributed by atoms with Gasteiger partial charge in [0.05, 0.1) is 19.4 Å². The predicted molar refractivity (Wildman–Crippen MR) is 85.8 cm³/mol. The highest BCUT2D eigenvalue weighted by atomic mass is 16.5. The Morgan fingerprint density at radius 1 is 1.00 bits per heavy atom. The van der Waals surface area contributed by atoms with E-state index in [4.69, 9.17) is 9.47 Å². The highest BCUT2D eigenvalue weighted by Crippen LogP contribution is 2.17. The summed E-state index contributed by atoms with van der Waals surface area (Å²) in [6, 6.07) is 5.61. The zero-order valence-electron chi connectivity index (χ0n) is 14.0. The minimum Gasteiger partial charge on any atom is -0.466 e. The Morgan fingerprint density at radius 2 is 1.59 bits per heavy atom. The normalized spacial score (nSPS) is 10.6. The topological polar surface area (TPSA) is 52.6 Å². The van der Waals surface area contributed by atoms with Crippen LogP contribution in [0.3, 0.4) is 0 Å². The summed E-state index contributed by atoms with van der Waals surface area (Å²) < 4.78 is 10.3. The van der Waals surface area contributed by atoms with E-state index in [9.17, 15) is 9.59 Å². The van der Waals surface area contributed by atoms with Crippen molar-refractivity contribution in [1.82, 2.24) is 0 Å². The zero-order chi connectivity index (χ0) is 16.5. The molecule has 122 valence electrons. The van der Waals surface area contributed by atoms with Gasteiger partial charge in [-0.3, -0.25) is 9.59 Å². The number of benzene rings is 1. The van der Waals surface area contributed by atoms with Crippen LogP contribution in [-0.4, -0.2) is 18.5 Å². The van der Waals surface area contributed by atoms with Crippen molar-refractivity contribution in [3.8, 4) is 5.75 Å². The highest BCUT2D eigenvalue weighted by molar-refractivity contribution is 5.79. The van der Waals surface area contributed by atoms with E-state index in [1.54, 1.807) is 12.1 Å². The van der Waals surface area contributed by atoms with E-state index in [0.29, 0.717) is 18.3 Å². The molecular formula is C18H26O4. The molecule has 0 aliphatic heterocycles. The van der Waals surface area contributed by atoms with Crippen molar-refractivity contribution in [3.05, 3.63) is 29.3 Å². The maximum absolute atomic E-state index is 11.7. The number of carbonyl (C=O) groups is 2. The molecule has 0 fully saturated rings. The van der Waals surface area contributed by atoms with Crippen LogP contribution >= 0.6 is 0 Å². The lowest BCUT2D eigenvalue weighted by Crippen LogP contribution is -2.13. The molecule has 1 aromatic rings. The van der Waals surface area contributed by atoms with Crippen molar-refractivity contribution in [3.63, 3.8) is 0 Å². The van der Waals surface area contributed by atoms with E-state index in [1.807, 2.05) is 19.9 Å². The van der Waals surface area contributed by atoms with Gasteiger partial charge in [0.15, 0.2) is 0 Å². The Balaban J connectivity index is 2.26. The molecule has 0 radical (unpaired) electrons. The number of hydrogen-bond donors (Lipinski definition) is 0. The quantitative estimate of drug-likeness (QED) is 0.414. The molecular weight excluding hydrogens is 280 g/mol. The fourth-order valence-electron chi connectivity index (χ4n) is 2.13. The number of ether oxygens (including phenoxy) is 2. The molecule has 0 aromatic heterocycles. The SMILES string of the molecule is Cc1cc(C)cc(OC(=O)CCC(=O)OCCCC(C)C)c1. The number of rotatable bonds is 8. The molecule has 0 N–H and O–H groups in total. The van der Waals surface area contributed by atoms with Gasteiger partial charge in [-0.15, -0.1) is 0 Å². The molecule has 0 aliphatic carbocycles. The summed E-state index contributed by atoms with van der Waals surface area (Å²) in [6.07, 6.45) is 1.99. The molecule has 0 amide bonds. The second kappa shape index (κ2) is 9.23. The lowest BCUT2D eigenvalue weighted by Gasteiger charge is -2.08. The van der Waals surface area contributed by atoms with Crippen molar-refractivity contribution in [2.45, 2.75) is 53.4 Å². The van der Waals surface area contributed by atoms with Gasteiger partial charge in [0, 0.05) is 0 Å². The van der Waals surface area contributed by atoms with Crippen LogP contribution in [0.2, 0.25) is 0 Å². The van der Waals surface area contributed by atoms with Gasteiger partial charge in [-0.05, 0) is 55.9 Å². The lowest BCUT2D eigenvalue weighted by molar-refractivity contribution is -0.147. The minimum atomic E-state index is -0.413. The van der Waals surface area contributed by atoms with E-state index in [2.05, 4.69) is 13.8 Å². The Bertz CT molecular complexity index is 486. The maximum Gasteiger partial charge on any atom is 0.311 e. The summed E-state index contributed by atoms with van der Waals surface area (Å²) in [5, 5.41) is 0. The molecule has 0 saturated carbocycles. The fourth-order valence-corrected chi connectivity index (χ4v) is 2.13. The molecule has 4 nitrogen and oxygen atoms in total. The van der Waals surface area contributed by atoms with Crippen LogP contribution in [-0.2, 0) is 14.3 Å². The fraction of sp³-hybridized carbons (Fsp3) is 0.556. The molecule has 22 heavy (non-hydrogen) atoms.